The molecule has 5 aliphatic carbocycles. The quantitative estimate of drug-likeness (QED) is 0.0931. The Morgan fingerprint density at radius 2 is 1.22 bits per heavy atom. The second-order valence-electron chi connectivity index (χ2n) is 15.4. The number of imide groups is 1. The first-order valence-electron chi connectivity index (χ1n) is 18.9. The molecule has 12 heteroatoms. The van der Waals surface area contributed by atoms with Gasteiger partial charge in [0.2, 0.25) is 0 Å². The minimum atomic E-state index is -6.06. The molecule has 7 rings (SSSR count). The SMILES string of the molecule is O=C1C2C3C=CC(C3)C2C(=O)N1OS(=O)(=O)C(F)(F)C(=O)OCCCOc1c(C2CCCCC2)cc(C2CCCCC2)cc1C1CCCCC1. The summed E-state index contributed by atoms with van der Waals surface area (Å²) in [4.78, 5) is 38.0. The fourth-order valence-corrected chi connectivity index (χ4v) is 10.3. The lowest BCUT2D eigenvalue weighted by atomic mass is 9.75. The number of rotatable bonds is 12. The molecule has 6 aliphatic rings. The van der Waals surface area contributed by atoms with E-state index in [1.54, 1.807) is 12.2 Å². The Labute approximate surface area is 293 Å². The van der Waals surface area contributed by atoms with Crippen LogP contribution in [0.25, 0.3) is 0 Å². The topological polar surface area (TPSA) is 116 Å². The lowest BCUT2D eigenvalue weighted by Gasteiger charge is -2.32. The van der Waals surface area contributed by atoms with Crippen LogP contribution in [0.15, 0.2) is 24.3 Å². The van der Waals surface area contributed by atoms with E-state index in [0.29, 0.717) is 24.2 Å². The van der Waals surface area contributed by atoms with Gasteiger partial charge in [0, 0.05) is 6.42 Å². The van der Waals surface area contributed by atoms with Crippen LogP contribution in [0.4, 0.5) is 8.78 Å². The van der Waals surface area contributed by atoms with Gasteiger partial charge in [-0.3, -0.25) is 9.59 Å². The van der Waals surface area contributed by atoms with Crippen LogP contribution in [0.1, 0.15) is 144 Å². The van der Waals surface area contributed by atoms with Gasteiger partial charge in [-0.2, -0.15) is 17.2 Å². The molecule has 4 saturated carbocycles. The molecule has 274 valence electrons. The van der Waals surface area contributed by atoms with E-state index in [2.05, 4.69) is 16.4 Å². The molecule has 0 aromatic heterocycles. The smallest absolute Gasteiger partial charge is 0.467 e. The van der Waals surface area contributed by atoms with E-state index in [-0.39, 0.29) is 29.9 Å². The molecule has 9 nitrogen and oxygen atoms in total. The second kappa shape index (κ2) is 14.6. The van der Waals surface area contributed by atoms with Crippen molar-refractivity contribution in [2.24, 2.45) is 23.7 Å². The van der Waals surface area contributed by atoms with Crippen molar-refractivity contribution < 1.29 is 45.3 Å². The highest BCUT2D eigenvalue weighted by Crippen LogP contribution is 2.53. The highest BCUT2D eigenvalue weighted by Gasteiger charge is 2.64. The van der Waals surface area contributed by atoms with Crippen molar-refractivity contribution in [2.45, 2.75) is 132 Å². The van der Waals surface area contributed by atoms with E-state index < -0.39 is 51.6 Å². The average molecular weight is 718 g/mol. The number of ether oxygens (including phenoxy) is 2. The number of halogens is 2. The average Bonchev–Trinajstić information content (AvgIpc) is 3.83. The van der Waals surface area contributed by atoms with Crippen LogP contribution in [-0.4, -0.2) is 49.7 Å². The number of amides is 2. The molecule has 1 aromatic rings. The summed E-state index contributed by atoms with van der Waals surface area (Å²) >= 11 is 0. The zero-order valence-electron chi connectivity index (χ0n) is 28.7. The summed E-state index contributed by atoms with van der Waals surface area (Å²) in [6.45, 7) is -0.414. The van der Waals surface area contributed by atoms with Crippen LogP contribution in [0, 0.1) is 23.7 Å². The third-order valence-corrected chi connectivity index (χ3v) is 13.4. The molecule has 5 fully saturated rings. The molecule has 4 unspecified atom stereocenters. The van der Waals surface area contributed by atoms with Crippen LogP contribution in [0.3, 0.4) is 0 Å². The molecule has 50 heavy (non-hydrogen) atoms. The number of esters is 1. The predicted molar refractivity (Wildman–Crippen MR) is 180 cm³/mol. The summed E-state index contributed by atoms with van der Waals surface area (Å²) in [7, 11) is -6.06. The maximum atomic E-state index is 15.0. The van der Waals surface area contributed by atoms with Crippen LogP contribution < -0.4 is 4.74 Å². The van der Waals surface area contributed by atoms with Gasteiger partial charge < -0.3 is 9.47 Å². The molecule has 2 amide bonds. The van der Waals surface area contributed by atoms with Crippen LogP contribution in [0.2, 0.25) is 0 Å². The van der Waals surface area contributed by atoms with E-state index in [9.17, 15) is 31.6 Å². The zero-order valence-corrected chi connectivity index (χ0v) is 29.5. The number of allylic oxidation sites excluding steroid dienone is 2. The highest BCUT2D eigenvalue weighted by atomic mass is 32.2. The number of alkyl halides is 2. The molecule has 0 radical (unpaired) electrons. The standard InChI is InChI=1S/C38H49F2NO8S/c39-38(40,50(45,46)49-41-35(42)32-27-17-18-28(21-27)33(32)36(41)43)37(44)48-20-10-19-47-34-30(25-13-6-2-7-14-25)22-29(24-11-4-1-5-12-24)23-31(34)26-15-8-3-9-16-26/h17-18,22-28,32-33H,1-16,19-21H2. The third kappa shape index (κ3) is 6.75. The Hall–Kier alpha value is -2.86. The summed E-state index contributed by atoms with van der Waals surface area (Å²) in [6, 6.07) is 4.76. The molecule has 0 spiro atoms. The maximum absolute atomic E-state index is 15.0. The highest BCUT2D eigenvalue weighted by molar-refractivity contribution is 7.88. The first-order chi connectivity index (χ1) is 24.1. The Kier molecular flexibility index (Phi) is 10.4. The van der Waals surface area contributed by atoms with Crippen molar-refractivity contribution in [2.75, 3.05) is 13.2 Å². The third-order valence-electron chi connectivity index (χ3n) is 12.3. The molecule has 1 saturated heterocycles. The lowest BCUT2D eigenvalue weighted by Crippen LogP contribution is -2.45. The number of nitrogens with zero attached hydrogens (tertiary/aromatic N) is 1. The molecule has 1 heterocycles. The van der Waals surface area contributed by atoms with E-state index in [4.69, 9.17) is 9.47 Å². The summed E-state index contributed by atoms with van der Waals surface area (Å²) in [5.41, 5.74) is 3.92. The number of benzene rings is 1. The molecule has 2 bridgehead atoms. The van der Waals surface area contributed by atoms with Crippen molar-refractivity contribution in [3.63, 3.8) is 0 Å². The number of carbonyl (C=O) groups is 3. The number of hydroxylamine groups is 2. The van der Waals surface area contributed by atoms with Gasteiger partial charge >= 0.3 is 21.3 Å². The number of carbonyl (C=O) groups excluding carboxylic acids is 3. The summed E-state index contributed by atoms with van der Waals surface area (Å²) in [5, 5.41) is -5.25. The fourth-order valence-electron chi connectivity index (χ4n) is 9.65. The minimum absolute atomic E-state index is 0.0591. The Morgan fingerprint density at radius 1 is 0.740 bits per heavy atom. The van der Waals surface area contributed by atoms with Gasteiger partial charge in [0.15, 0.2) is 0 Å². The van der Waals surface area contributed by atoms with Gasteiger partial charge in [-0.15, -0.1) is 9.35 Å². The van der Waals surface area contributed by atoms with Gasteiger partial charge in [-0.25, -0.2) is 4.79 Å². The second-order valence-corrected chi connectivity index (χ2v) is 17.0. The number of fused-ring (bicyclic) bond motifs is 5. The molecule has 1 aromatic carbocycles. The van der Waals surface area contributed by atoms with E-state index in [0.717, 1.165) is 31.4 Å². The number of hydrogen-bond acceptors (Lipinski definition) is 8. The van der Waals surface area contributed by atoms with Crippen LogP contribution in [-0.2, 0) is 33.5 Å². The summed E-state index contributed by atoms with van der Waals surface area (Å²) < 4.78 is 70.7. The minimum Gasteiger partial charge on any atom is -0.493 e. The van der Waals surface area contributed by atoms with Gasteiger partial charge in [-0.1, -0.05) is 82.1 Å². The normalized spacial score (nSPS) is 28.0. The van der Waals surface area contributed by atoms with Crippen molar-refractivity contribution in [1.29, 1.82) is 0 Å². The molecule has 0 N–H and O–H groups in total. The largest absolute Gasteiger partial charge is 0.493 e. The predicted octanol–water partition coefficient (Wildman–Crippen LogP) is 7.80. The Bertz CT molecular complexity index is 1520. The van der Waals surface area contributed by atoms with Gasteiger partial charge in [0.1, 0.15) is 5.75 Å². The Morgan fingerprint density at radius 3 is 1.72 bits per heavy atom. The van der Waals surface area contributed by atoms with Crippen molar-refractivity contribution in [3.8, 4) is 5.75 Å². The van der Waals surface area contributed by atoms with Gasteiger partial charge in [0.25, 0.3) is 11.8 Å². The van der Waals surface area contributed by atoms with E-state index >= 15 is 0 Å². The van der Waals surface area contributed by atoms with Crippen molar-refractivity contribution >= 4 is 27.9 Å². The van der Waals surface area contributed by atoms with Gasteiger partial charge in [-0.05, 0) is 91.2 Å². The summed E-state index contributed by atoms with van der Waals surface area (Å²) in [5.74, 6) is -4.35. The van der Waals surface area contributed by atoms with Gasteiger partial charge in [0.05, 0.1) is 25.0 Å². The molecular formula is C38H49F2NO8S. The molecular weight excluding hydrogens is 668 g/mol. The first kappa shape index (κ1) is 35.5. The van der Waals surface area contributed by atoms with Crippen molar-refractivity contribution in [1.82, 2.24) is 5.06 Å². The van der Waals surface area contributed by atoms with Crippen LogP contribution >= 0.6 is 0 Å². The maximum Gasteiger partial charge on any atom is 0.467 e. The number of hydrogen-bond donors (Lipinski definition) is 0. The van der Waals surface area contributed by atoms with E-state index in [1.165, 1.54) is 87.3 Å². The summed E-state index contributed by atoms with van der Waals surface area (Å²) in [6.07, 6.45) is 21.9. The molecule has 4 atom stereocenters. The monoisotopic (exact) mass is 717 g/mol. The molecule has 1 aliphatic heterocycles. The lowest BCUT2D eigenvalue weighted by molar-refractivity contribution is -0.172. The van der Waals surface area contributed by atoms with Crippen molar-refractivity contribution in [3.05, 3.63) is 41.0 Å². The Balaban J connectivity index is 1.01. The van der Waals surface area contributed by atoms with Crippen LogP contribution in [0.5, 0.6) is 5.75 Å². The zero-order chi connectivity index (χ0) is 35.0. The fraction of sp³-hybridized carbons (Fsp3) is 0.711. The first-order valence-corrected chi connectivity index (χ1v) is 20.3. The van der Waals surface area contributed by atoms with E-state index in [1.807, 2.05) is 0 Å².